The molecule has 0 atom stereocenters. The lowest BCUT2D eigenvalue weighted by atomic mass is 9.87. The van der Waals surface area contributed by atoms with E-state index >= 15 is 0 Å². The summed E-state index contributed by atoms with van der Waals surface area (Å²) < 4.78 is 0. The minimum Gasteiger partial charge on any atom is -0.399 e. The van der Waals surface area contributed by atoms with Gasteiger partial charge in [0, 0.05) is 24.3 Å². The van der Waals surface area contributed by atoms with E-state index in [4.69, 9.17) is 5.73 Å². The zero-order chi connectivity index (χ0) is 19.6. The summed E-state index contributed by atoms with van der Waals surface area (Å²) in [6.45, 7) is 10.8. The van der Waals surface area contributed by atoms with Gasteiger partial charge in [0.1, 0.15) is 0 Å². The minimum atomic E-state index is -0.104. The van der Waals surface area contributed by atoms with Crippen LogP contribution in [0, 0.1) is 5.92 Å². The van der Waals surface area contributed by atoms with Crippen molar-refractivity contribution in [1.82, 2.24) is 0 Å². The Kier molecular flexibility index (Phi) is 5.45. The molecule has 0 spiro atoms. The molecule has 0 saturated carbocycles. The van der Waals surface area contributed by atoms with E-state index in [0.29, 0.717) is 11.3 Å². The fourth-order valence-electron chi connectivity index (χ4n) is 3.50. The Hall–Kier alpha value is -2.49. The van der Waals surface area contributed by atoms with Crippen molar-refractivity contribution >= 4 is 23.0 Å². The molecule has 144 valence electrons. The second-order valence-electron chi connectivity index (χ2n) is 8.73. The van der Waals surface area contributed by atoms with Crippen molar-refractivity contribution in [3.8, 4) is 0 Å². The standard InChI is InChI=1S/C23H31N3O/c1-16-11-13-26(14-12-16)21-10-9-19(24)15-20(21)25-22(27)17-5-7-18(8-6-17)23(2,3)4/h5-10,15-16H,11-14,24H2,1-4H3,(H,25,27). The summed E-state index contributed by atoms with van der Waals surface area (Å²) in [6.07, 6.45) is 2.35. The zero-order valence-electron chi connectivity index (χ0n) is 16.9. The Morgan fingerprint density at radius 1 is 1.07 bits per heavy atom. The molecule has 1 amide bonds. The first-order chi connectivity index (χ1) is 12.7. The lowest BCUT2D eigenvalue weighted by Gasteiger charge is -2.33. The van der Waals surface area contributed by atoms with Crippen molar-refractivity contribution in [2.45, 2.75) is 46.0 Å². The molecule has 1 aliphatic rings. The zero-order valence-corrected chi connectivity index (χ0v) is 16.9. The molecule has 1 fully saturated rings. The fourth-order valence-corrected chi connectivity index (χ4v) is 3.50. The molecular weight excluding hydrogens is 334 g/mol. The number of anilines is 3. The number of hydrogen-bond donors (Lipinski definition) is 2. The Morgan fingerprint density at radius 3 is 2.30 bits per heavy atom. The third kappa shape index (κ3) is 4.62. The highest BCUT2D eigenvalue weighted by atomic mass is 16.1. The van der Waals surface area contributed by atoms with Gasteiger partial charge in [0.2, 0.25) is 0 Å². The molecule has 0 aromatic heterocycles. The monoisotopic (exact) mass is 365 g/mol. The van der Waals surface area contributed by atoms with Crippen LogP contribution in [-0.4, -0.2) is 19.0 Å². The van der Waals surface area contributed by atoms with Crippen LogP contribution in [0.2, 0.25) is 0 Å². The van der Waals surface area contributed by atoms with Crippen molar-refractivity contribution in [2.24, 2.45) is 5.92 Å². The van der Waals surface area contributed by atoms with E-state index in [1.54, 1.807) is 0 Å². The smallest absolute Gasteiger partial charge is 0.255 e. The van der Waals surface area contributed by atoms with Crippen LogP contribution >= 0.6 is 0 Å². The van der Waals surface area contributed by atoms with Gasteiger partial charge < -0.3 is 16.0 Å². The van der Waals surface area contributed by atoms with Crippen LogP contribution in [0.25, 0.3) is 0 Å². The van der Waals surface area contributed by atoms with Gasteiger partial charge >= 0.3 is 0 Å². The number of carbonyl (C=O) groups excluding carboxylic acids is 1. The van der Waals surface area contributed by atoms with Gasteiger partial charge in [0.05, 0.1) is 11.4 Å². The molecule has 0 aliphatic carbocycles. The highest BCUT2D eigenvalue weighted by Gasteiger charge is 2.20. The van der Waals surface area contributed by atoms with E-state index in [1.807, 2.05) is 42.5 Å². The molecule has 2 aromatic carbocycles. The molecule has 0 bridgehead atoms. The van der Waals surface area contributed by atoms with Gasteiger partial charge in [-0.25, -0.2) is 0 Å². The molecular formula is C23H31N3O. The first-order valence-corrected chi connectivity index (χ1v) is 9.80. The van der Waals surface area contributed by atoms with Crippen molar-refractivity contribution < 1.29 is 4.79 Å². The van der Waals surface area contributed by atoms with Crippen LogP contribution in [0.15, 0.2) is 42.5 Å². The predicted molar refractivity (Wildman–Crippen MR) is 115 cm³/mol. The first-order valence-electron chi connectivity index (χ1n) is 9.80. The van der Waals surface area contributed by atoms with Gasteiger partial charge in [-0.05, 0) is 60.1 Å². The summed E-state index contributed by atoms with van der Waals surface area (Å²) in [7, 11) is 0. The Morgan fingerprint density at radius 2 is 1.70 bits per heavy atom. The van der Waals surface area contributed by atoms with Crippen LogP contribution in [0.5, 0.6) is 0 Å². The summed E-state index contributed by atoms with van der Waals surface area (Å²) in [6, 6.07) is 13.6. The average Bonchev–Trinajstić information content (AvgIpc) is 2.62. The van der Waals surface area contributed by atoms with Gasteiger partial charge in [0.15, 0.2) is 0 Å². The maximum atomic E-state index is 12.8. The summed E-state index contributed by atoms with van der Waals surface area (Å²) in [4.78, 5) is 15.1. The average molecular weight is 366 g/mol. The highest BCUT2D eigenvalue weighted by Crippen LogP contribution is 2.32. The summed E-state index contributed by atoms with van der Waals surface area (Å²) in [5, 5.41) is 3.07. The van der Waals surface area contributed by atoms with Crippen molar-refractivity contribution in [3.63, 3.8) is 0 Å². The van der Waals surface area contributed by atoms with Crippen molar-refractivity contribution in [1.29, 1.82) is 0 Å². The van der Waals surface area contributed by atoms with Crippen LogP contribution in [0.1, 0.15) is 56.5 Å². The number of piperidine rings is 1. The quantitative estimate of drug-likeness (QED) is 0.748. The van der Waals surface area contributed by atoms with Gasteiger partial charge in [-0.1, -0.05) is 39.8 Å². The first kappa shape index (κ1) is 19.3. The molecule has 2 aromatic rings. The van der Waals surface area contributed by atoms with Gasteiger partial charge in [-0.2, -0.15) is 0 Å². The van der Waals surface area contributed by atoms with Gasteiger partial charge in [0.25, 0.3) is 5.91 Å². The molecule has 1 saturated heterocycles. The van der Waals surface area contributed by atoms with Gasteiger partial charge in [-0.15, -0.1) is 0 Å². The Bertz CT molecular complexity index is 797. The van der Waals surface area contributed by atoms with E-state index in [0.717, 1.165) is 30.4 Å². The molecule has 1 heterocycles. The van der Waals surface area contributed by atoms with Crippen LogP contribution in [-0.2, 0) is 5.41 Å². The van der Waals surface area contributed by atoms with E-state index < -0.39 is 0 Å². The van der Waals surface area contributed by atoms with E-state index in [9.17, 15) is 4.79 Å². The second kappa shape index (κ2) is 7.63. The number of nitrogens with zero attached hydrogens (tertiary/aromatic N) is 1. The predicted octanol–water partition coefficient (Wildman–Crippen LogP) is 5.05. The lowest BCUT2D eigenvalue weighted by Crippen LogP contribution is -2.33. The van der Waals surface area contributed by atoms with E-state index in [2.05, 4.69) is 37.9 Å². The number of amides is 1. The number of hydrogen-bond acceptors (Lipinski definition) is 3. The maximum absolute atomic E-state index is 12.8. The number of nitrogen functional groups attached to an aromatic ring is 1. The summed E-state index contributed by atoms with van der Waals surface area (Å²) in [5.74, 6) is 0.655. The molecule has 4 nitrogen and oxygen atoms in total. The summed E-state index contributed by atoms with van der Waals surface area (Å²) in [5.41, 5.74) is 10.4. The van der Waals surface area contributed by atoms with E-state index in [-0.39, 0.29) is 11.3 Å². The molecule has 3 rings (SSSR count). The third-order valence-electron chi connectivity index (χ3n) is 5.41. The second-order valence-corrected chi connectivity index (χ2v) is 8.73. The summed E-state index contributed by atoms with van der Waals surface area (Å²) >= 11 is 0. The molecule has 0 unspecified atom stereocenters. The SMILES string of the molecule is CC1CCN(c2ccc(N)cc2NC(=O)c2ccc(C(C)(C)C)cc2)CC1. The lowest BCUT2D eigenvalue weighted by molar-refractivity contribution is 0.102. The molecule has 0 radical (unpaired) electrons. The molecule has 27 heavy (non-hydrogen) atoms. The number of rotatable bonds is 3. The minimum absolute atomic E-state index is 0.0709. The Labute approximate surface area is 162 Å². The fraction of sp³-hybridized carbons (Fsp3) is 0.435. The topological polar surface area (TPSA) is 58.4 Å². The molecule has 1 aliphatic heterocycles. The normalized spacial score (nSPS) is 15.6. The number of carbonyl (C=O) groups is 1. The number of nitrogens with one attached hydrogen (secondary N) is 1. The van der Waals surface area contributed by atoms with Gasteiger partial charge in [-0.3, -0.25) is 4.79 Å². The van der Waals surface area contributed by atoms with Crippen molar-refractivity contribution in [3.05, 3.63) is 53.6 Å². The maximum Gasteiger partial charge on any atom is 0.255 e. The van der Waals surface area contributed by atoms with Crippen molar-refractivity contribution in [2.75, 3.05) is 29.0 Å². The largest absolute Gasteiger partial charge is 0.399 e. The number of nitrogens with two attached hydrogens (primary N) is 1. The van der Waals surface area contributed by atoms with Crippen LogP contribution in [0.3, 0.4) is 0 Å². The van der Waals surface area contributed by atoms with Crippen LogP contribution < -0.4 is 16.0 Å². The Balaban J connectivity index is 1.80. The number of benzene rings is 2. The molecule has 4 heteroatoms. The third-order valence-corrected chi connectivity index (χ3v) is 5.41. The molecule has 3 N–H and O–H groups in total. The van der Waals surface area contributed by atoms with E-state index in [1.165, 1.54) is 18.4 Å². The highest BCUT2D eigenvalue weighted by molar-refractivity contribution is 6.06. The van der Waals surface area contributed by atoms with Crippen LogP contribution in [0.4, 0.5) is 17.1 Å².